The van der Waals surface area contributed by atoms with Crippen molar-refractivity contribution in [2.45, 2.75) is 13.5 Å². The van der Waals surface area contributed by atoms with Crippen LogP contribution in [0.5, 0.6) is 0 Å². The Morgan fingerprint density at radius 3 is 2.77 bits per heavy atom. The second kappa shape index (κ2) is 4.71. The minimum absolute atomic E-state index is 0.0625. The first-order valence-corrected chi connectivity index (χ1v) is 5.13. The third-order valence-corrected chi connectivity index (χ3v) is 3.07. The van der Waals surface area contributed by atoms with Gasteiger partial charge in [-0.2, -0.15) is 0 Å². The number of esters is 1. The number of carbonyl (C=O) groups is 1. The van der Waals surface area contributed by atoms with Crippen LogP contribution in [0.1, 0.15) is 6.92 Å². The summed E-state index contributed by atoms with van der Waals surface area (Å²) in [5.74, 6) is -0.333. The Bertz CT molecular complexity index is 313. The smallest absolute Gasteiger partial charge is 0.327 e. The SMILES string of the molecule is CCOC(=O)Cn1nnc(Br)c1Br. The van der Waals surface area contributed by atoms with Crippen molar-refractivity contribution in [3.63, 3.8) is 0 Å². The summed E-state index contributed by atoms with van der Waals surface area (Å²) < 4.78 is 7.34. The highest BCUT2D eigenvalue weighted by molar-refractivity contribution is 9.13. The average molecular weight is 313 g/mol. The summed E-state index contributed by atoms with van der Waals surface area (Å²) in [6.07, 6.45) is 0. The lowest BCUT2D eigenvalue weighted by Gasteiger charge is -2.01. The van der Waals surface area contributed by atoms with Crippen LogP contribution in [0.15, 0.2) is 9.21 Å². The van der Waals surface area contributed by atoms with E-state index < -0.39 is 0 Å². The van der Waals surface area contributed by atoms with Crippen LogP contribution >= 0.6 is 31.9 Å². The molecule has 0 aromatic carbocycles. The van der Waals surface area contributed by atoms with E-state index in [1.807, 2.05) is 0 Å². The first kappa shape index (κ1) is 10.6. The molecule has 0 atom stereocenters. The van der Waals surface area contributed by atoms with Crippen molar-refractivity contribution in [2.24, 2.45) is 0 Å². The number of hydrogen-bond acceptors (Lipinski definition) is 4. The van der Waals surface area contributed by atoms with Gasteiger partial charge in [0.05, 0.1) is 6.61 Å². The molecule has 0 saturated heterocycles. The van der Waals surface area contributed by atoms with E-state index in [9.17, 15) is 4.79 Å². The zero-order valence-electron chi connectivity index (χ0n) is 6.83. The van der Waals surface area contributed by atoms with Gasteiger partial charge >= 0.3 is 5.97 Å². The summed E-state index contributed by atoms with van der Waals surface area (Å²) >= 11 is 6.36. The number of halogens is 2. The van der Waals surface area contributed by atoms with Crippen LogP contribution in [0.4, 0.5) is 0 Å². The summed E-state index contributed by atoms with van der Waals surface area (Å²) in [7, 11) is 0. The van der Waals surface area contributed by atoms with Crippen LogP contribution in [0.3, 0.4) is 0 Å². The summed E-state index contributed by atoms with van der Waals surface area (Å²) in [6.45, 7) is 2.18. The maximum absolute atomic E-state index is 11.0. The molecule has 1 aromatic rings. The van der Waals surface area contributed by atoms with Crippen molar-refractivity contribution in [3.05, 3.63) is 9.21 Å². The molecule has 0 fully saturated rings. The van der Waals surface area contributed by atoms with Gasteiger partial charge in [0, 0.05) is 0 Å². The summed E-state index contributed by atoms with van der Waals surface area (Å²) in [4.78, 5) is 11.0. The molecule has 1 heterocycles. The van der Waals surface area contributed by atoms with Crippen LogP contribution in [-0.4, -0.2) is 27.6 Å². The van der Waals surface area contributed by atoms with Gasteiger partial charge in [0.1, 0.15) is 11.1 Å². The minimum Gasteiger partial charge on any atom is -0.465 e. The lowest BCUT2D eigenvalue weighted by atomic mass is 10.6. The molecule has 0 N–H and O–H groups in total. The van der Waals surface area contributed by atoms with E-state index in [4.69, 9.17) is 4.74 Å². The number of nitrogens with zero attached hydrogens (tertiary/aromatic N) is 3. The Balaban J connectivity index is 2.64. The Morgan fingerprint density at radius 2 is 2.31 bits per heavy atom. The molecule has 0 amide bonds. The Labute approximate surface area is 91.7 Å². The van der Waals surface area contributed by atoms with E-state index in [0.717, 1.165) is 0 Å². The summed E-state index contributed by atoms with van der Waals surface area (Å²) in [5, 5.41) is 7.41. The molecule has 0 aliphatic carbocycles. The fourth-order valence-corrected chi connectivity index (χ4v) is 1.26. The van der Waals surface area contributed by atoms with E-state index in [-0.39, 0.29) is 12.5 Å². The molecule has 1 aromatic heterocycles. The second-order valence-corrected chi connectivity index (χ2v) is 3.64. The molecule has 1 rings (SSSR count). The highest BCUT2D eigenvalue weighted by Crippen LogP contribution is 2.18. The van der Waals surface area contributed by atoms with Crippen molar-refractivity contribution in [2.75, 3.05) is 6.61 Å². The molecule has 0 aliphatic rings. The molecule has 0 bridgehead atoms. The van der Waals surface area contributed by atoms with Gasteiger partial charge in [-0.3, -0.25) is 4.79 Å². The van der Waals surface area contributed by atoms with E-state index in [1.165, 1.54) is 4.68 Å². The van der Waals surface area contributed by atoms with Gasteiger partial charge in [-0.05, 0) is 38.8 Å². The molecule has 0 unspecified atom stereocenters. The molecular formula is C6H7Br2N3O2. The number of rotatable bonds is 3. The topological polar surface area (TPSA) is 57.0 Å². The van der Waals surface area contributed by atoms with Gasteiger partial charge in [0.25, 0.3) is 0 Å². The Hall–Kier alpha value is -0.430. The zero-order valence-corrected chi connectivity index (χ0v) is 10.0. The Morgan fingerprint density at radius 1 is 1.62 bits per heavy atom. The quantitative estimate of drug-likeness (QED) is 0.791. The number of carbonyl (C=O) groups excluding carboxylic acids is 1. The molecular weight excluding hydrogens is 306 g/mol. The fraction of sp³-hybridized carbons (Fsp3) is 0.500. The molecule has 13 heavy (non-hydrogen) atoms. The van der Waals surface area contributed by atoms with Crippen molar-refractivity contribution in [1.29, 1.82) is 0 Å². The van der Waals surface area contributed by atoms with Crippen LogP contribution in [0, 0.1) is 0 Å². The van der Waals surface area contributed by atoms with Crippen LogP contribution < -0.4 is 0 Å². The lowest BCUT2D eigenvalue weighted by molar-refractivity contribution is -0.144. The van der Waals surface area contributed by atoms with Crippen LogP contribution in [-0.2, 0) is 16.1 Å². The first-order chi connectivity index (χ1) is 6.15. The second-order valence-electron chi connectivity index (χ2n) is 2.13. The predicted octanol–water partition coefficient (Wildman–Crippen LogP) is 1.37. The summed E-state index contributed by atoms with van der Waals surface area (Å²) in [6, 6.07) is 0. The molecule has 0 radical (unpaired) electrons. The van der Waals surface area contributed by atoms with Gasteiger partial charge in [0.15, 0.2) is 4.60 Å². The monoisotopic (exact) mass is 311 g/mol. The van der Waals surface area contributed by atoms with Crippen LogP contribution in [0.2, 0.25) is 0 Å². The fourth-order valence-electron chi connectivity index (χ4n) is 0.710. The van der Waals surface area contributed by atoms with Gasteiger partial charge in [0.2, 0.25) is 0 Å². The maximum Gasteiger partial charge on any atom is 0.327 e. The van der Waals surface area contributed by atoms with Gasteiger partial charge in [-0.15, -0.1) is 5.10 Å². The zero-order chi connectivity index (χ0) is 9.84. The van der Waals surface area contributed by atoms with Crippen LogP contribution in [0.25, 0.3) is 0 Å². The van der Waals surface area contributed by atoms with E-state index in [0.29, 0.717) is 15.8 Å². The van der Waals surface area contributed by atoms with Gasteiger partial charge in [-0.25, -0.2) is 4.68 Å². The normalized spacial score (nSPS) is 10.1. The largest absolute Gasteiger partial charge is 0.465 e. The molecule has 5 nitrogen and oxygen atoms in total. The minimum atomic E-state index is -0.333. The van der Waals surface area contributed by atoms with Crippen molar-refractivity contribution in [3.8, 4) is 0 Å². The lowest BCUT2D eigenvalue weighted by Crippen LogP contribution is -2.14. The van der Waals surface area contributed by atoms with E-state index in [1.54, 1.807) is 6.92 Å². The molecule has 0 saturated carbocycles. The molecule has 7 heteroatoms. The third kappa shape index (κ3) is 2.77. The van der Waals surface area contributed by atoms with E-state index >= 15 is 0 Å². The highest BCUT2D eigenvalue weighted by atomic mass is 79.9. The molecule has 72 valence electrons. The first-order valence-electron chi connectivity index (χ1n) is 3.55. The predicted molar refractivity (Wildman–Crippen MR) is 52.1 cm³/mol. The maximum atomic E-state index is 11.0. The van der Waals surface area contributed by atoms with Gasteiger partial charge < -0.3 is 4.74 Å². The Kier molecular flexibility index (Phi) is 3.86. The van der Waals surface area contributed by atoms with Crippen molar-refractivity contribution in [1.82, 2.24) is 15.0 Å². The van der Waals surface area contributed by atoms with Crippen molar-refractivity contribution < 1.29 is 9.53 Å². The third-order valence-electron chi connectivity index (χ3n) is 1.22. The number of aromatic nitrogens is 3. The van der Waals surface area contributed by atoms with Crippen molar-refractivity contribution >= 4 is 37.8 Å². The number of hydrogen-bond donors (Lipinski definition) is 0. The average Bonchev–Trinajstić information content (AvgIpc) is 2.37. The summed E-state index contributed by atoms with van der Waals surface area (Å²) in [5.41, 5.74) is 0. The number of ether oxygens (including phenoxy) is 1. The van der Waals surface area contributed by atoms with Gasteiger partial charge in [-0.1, -0.05) is 5.21 Å². The molecule has 0 spiro atoms. The standard InChI is InChI=1S/C6H7Br2N3O2/c1-2-13-4(12)3-11-6(8)5(7)9-10-11/h2-3H2,1H3. The van der Waals surface area contributed by atoms with E-state index in [2.05, 4.69) is 42.2 Å². The molecule has 0 aliphatic heterocycles. The highest BCUT2D eigenvalue weighted by Gasteiger charge is 2.10.